The van der Waals surface area contributed by atoms with Crippen LogP contribution >= 0.6 is 11.3 Å². The Hall–Kier alpha value is -4.05. The molecule has 1 aliphatic heterocycles. The minimum Gasteiger partial charge on any atom is -0.507 e. The number of nitrogens with zero attached hydrogens (tertiary/aromatic N) is 3. The SMILES string of the molecule is COC(=O)c1sc(N2C(=O)C(=O)C(=C(O)c3ccc(OCC(C)C)cc3)[C@@H]2c2cccnc2)nc1C. The molecule has 1 fully saturated rings. The summed E-state index contributed by atoms with van der Waals surface area (Å²) in [6.45, 7) is 6.23. The molecule has 3 heterocycles. The van der Waals surface area contributed by atoms with Gasteiger partial charge in [0.25, 0.3) is 5.78 Å². The number of ether oxygens (including phenoxy) is 2. The zero-order chi connectivity index (χ0) is 26.0. The van der Waals surface area contributed by atoms with Crippen LogP contribution in [-0.4, -0.2) is 46.5 Å². The number of methoxy groups -OCH3 is 1. The summed E-state index contributed by atoms with van der Waals surface area (Å²) < 4.78 is 10.5. The molecular formula is C26H25N3O6S. The molecule has 1 aliphatic rings. The molecule has 1 saturated heterocycles. The lowest BCUT2D eigenvalue weighted by atomic mass is 9.96. The van der Waals surface area contributed by atoms with Crippen molar-refractivity contribution in [3.8, 4) is 5.75 Å². The van der Waals surface area contributed by atoms with Gasteiger partial charge in [0.1, 0.15) is 16.4 Å². The van der Waals surface area contributed by atoms with E-state index in [1.165, 1.54) is 18.2 Å². The number of aliphatic hydroxyl groups is 1. The number of carbonyl (C=O) groups is 3. The van der Waals surface area contributed by atoms with Gasteiger partial charge in [-0.05, 0) is 48.7 Å². The van der Waals surface area contributed by atoms with Crippen LogP contribution in [0.4, 0.5) is 5.13 Å². The van der Waals surface area contributed by atoms with Crippen LogP contribution in [0.1, 0.15) is 46.4 Å². The molecule has 1 aromatic carbocycles. The maximum Gasteiger partial charge on any atom is 0.350 e. The molecule has 4 rings (SSSR count). The summed E-state index contributed by atoms with van der Waals surface area (Å²) >= 11 is 0.939. The molecule has 1 atom stereocenters. The van der Waals surface area contributed by atoms with E-state index in [4.69, 9.17) is 9.47 Å². The molecule has 0 aliphatic carbocycles. The monoisotopic (exact) mass is 507 g/mol. The van der Waals surface area contributed by atoms with Gasteiger partial charge in [-0.1, -0.05) is 31.3 Å². The summed E-state index contributed by atoms with van der Waals surface area (Å²) in [5.74, 6) is -1.69. The third kappa shape index (κ3) is 4.72. The van der Waals surface area contributed by atoms with E-state index in [0.717, 1.165) is 11.3 Å². The van der Waals surface area contributed by atoms with Gasteiger partial charge in [-0.3, -0.25) is 19.5 Å². The first kappa shape index (κ1) is 25.1. The van der Waals surface area contributed by atoms with Crippen LogP contribution in [0.2, 0.25) is 0 Å². The van der Waals surface area contributed by atoms with Gasteiger partial charge in [-0.15, -0.1) is 0 Å². The van der Waals surface area contributed by atoms with E-state index >= 15 is 0 Å². The standard InChI is InChI=1S/C26H25N3O6S/c1-14(2)13-35-18-9-7-16(8-10-18)21(30)19-20(17-6-5-11-27-12-17)29(24(32)22(19)31)26-28-15(3)23(36-26)25(33)34-4/h5-12,14,20,30H,13H2,1-4H3/t20-/m0/s1. The van der Waals surface area contributed by atoms with E-state index in [9.17, 15) is 19.5 Å². The Morgan fingerprint density at radius 2 is 1.92 bits per heavy atom. The number of hydrogen-bond acceptors (Lipinski definition) is 9. The minimum atomic E-state index is -0.994. The average molecular weight is 508 g/mol. The number of Topliss-reactive ketones (excluding diaryl/α,β-unsaturated/α-hetero) is 1. The number of aliphatic hydroxyl groups excluding tert-OH is 1. The van der Waals surface area contributed by atoms with Gasteiger partial charge in [0.05, 0.1) is 31.0 Å². The maximum atomic E-state index is 13.2. The molecule has 0 radical (unpaired) electrons. The predicted octanol–water partition coefficient (Wildman–Crippen LogP) is 4.29. The lowest BCUT2D eigenvalue weighted by molar-refractivity contribution is -0.132. The second kappa shape index (κ2) is 10.3. The van der Waals surface area contributed by atoms with Gasteiger partial charge in [-0.2, -0.15) is 0 Å². The van der Waals surface area contributed by atoms with Crippen LogP contribution in [0.3, 0.4) is 0 Å². The summed E-state index contributed by atoms with van der Waals surface area (Å²) in [6.07, 6.45) is 3.08. The first-order valence-electron chi connectivity index (χ1n) is 11.2. The van der Waals surface area contributed by atoms with E-state index in [0.29, 0.717) is 35.1 Å². The van der Waals surface area contributed by atoms with E-state index < -0.39 is 23.7 Å². The highest BCUT2D eigenvalue weighted by molar-refractivity contribution is 7.17. The molecule has 1 amide bonds. The molecule has 0 saturated carbocycles. The predicted molar refractivity (Wildman–Crippen MR) is 134 cm³/mol. The number of rotatable bonds is 7. The van der Waals surface area contributed by atoms with Crippen molar-refractivity contribution in [3.63, 3.8) is 0 Å². The first-order chi connectivity index (χ1) is 17.2. The summed E-state index contributed by atoms with van der Waals surface area (Å²) in [5.41, 5.74) is 1.12. The number of pyridine rings is 1. The molecule has 36 heavy (non-hydrogen) atoms. The summed E-state index contributed by atoms with van der Waals surface area (Å²) in [5, 5.41) is 11.4. The van der Waals surface area contributed by atoms with Crippen LogP contribution in [0, 0.1) is 12.8 Å². The zero-order valence-corrected chi connectivity index (χ0v) is 21.0. The molecule has 2 aromatic heterocycles. The number of aryl methyl sites for hydroxylation is 1. The molecule has 0 bridgehead atoms. The van der Waals surface area contributed by atoms with Gasteiger partial charge in [0, 0.05) is 18.0 Å². The van der Waals surface area contributed by atoms with Crippen molar-refractivity contribution < 1.29 is 29.0 Å². The van der Waals surface area contributed by atoms with E-state index in [2.05, 4.69) is 9.97 Å². The molecule has 1 N–H and O–H groups in total. The van der Waals surface area contributed by atoms with Crippen LogP contribution in [0.15, 0.2) is 54.4 Å². The number of carbonyl (C=O) groups excluding carboxylic acids is 3. The second-order valence-corrected chi connectivity index (χ2v) is 9.56. The Bertz CT molecular complexity index is 1330. The molecule has 9 nitrogen and oxygen atoms in total. The average Bonchev–Trinajstić information content (AvgIpc) is 3.39. The fraction of sp³-hybridized carbons (Fsp3) is 0.269. The van der Waals surface area contributed by atoms with Gasteiger partial charge >= 0.3 is 11.9 Å². The Morgan fingerprint density at radius 3 is 2.53 bits per heavy atom. The van der Waals surface area contributed by atoms with Crippen molar-refractivity contribution in [3.05, 3.63) is 76.1 Å². The third-order valence-electron chi connectivity index (χ3n) is 5.52. The van der Waals surface area contributed by atoms with Gasteiger partial charge < -0.3 is 14.6 Å². The minimum absolute atomic E-state index is 0.101. The maximum absolute atomic E-state index is 13.2. The number of thiazole rings is 1. The number of anilines is 1. The van der Waals surface area contributed by atoms with Crippen molar-refractivity contribution in [1.82, 2.24) is 9.97 Å². The first-order valence-corrected chi connectivity index (χ1v) is 12.0. The van der Waals surface area contributed by atoms with Crippen molar-refractivity contribution in [1.29, 1.82) is 0 Å². The van der Waals surface area contributed by atoms with Crippen LogP contribution < -0.4 is 9.64 Å². The van der Waals surface area contributed by atoms with Crippen LogP contribution in [-0.2, 0) is 14.3 Å². The molecular weight excluding hydrogens is 482 g/mol. The number of aromatic nitrogens is 2. The zero-order valence-electron chi connectivity index (χ0n) is 20.2. The molecule has 3 aromatic rings. The molecule has 0 unspecified atom stereocenters. The topological polar surface area (TPSA) is 119 Å². The Morgan fingerprint density at radius 1 is 1.19 bits per heavy atom. The Labute approximate surface area is 212 Å². The van der Waals surface area contributed by atoms with Gasteiger partial charge in [0.15, 0.2) is 5.13 Å². The quantitative estimate of drug-likeness (QED) is 0.218. The Balaban J connectivity index is 1.81. The number of esters is 1. The van der Waals surface area contributed by atoms with Crippen LogP contribution in [0.25, 0.3) is 5.76 Å². The van der Waals surface area contributed by atoms with E-state index in [1.54, 1.807) is 49.5 Å². The summed E-state index contributed by atoms with van der Waals surface area (Å²) in [6, 6.07) is 9.02. The summed E-state index contributed by atoms with van der Waals surface area (Å²) in [4.78, 5) is 48.5. The van der Waals surface area contributed by atoms with Crippen molar-refractivity contribution in [2.75, 3.05) is 18.6 Å². The molecule has 0 spiro atoms. The lowest BCUT2D eigenvalue weighted by Crippen LogP contribution is -2.29. The number of benzene rings is 1. The number of hydrogen-bond donors (Lipinski definition) is 1. The smallest absolute Gasteiger partial charge is 0.350 e. The summed E-state index contributed by atoms with van der Waals surface area (Å²) in [7, 11) is 1.25. The van der Waals surface area contributed by atoms with E-state index in [-0.39, 0.29) is 21.3 Å². The van der Waals surface area contributed by atoms with Gasteiger partial charge in [-0.25, -0.2) is 9.78 Å². The fourth-order valence-corrected chi connectivity index (χ4v) is 4.79. The van der Waals surface area contributed by atoms with Crippen molar-refractivity contribution in [2.24, 2.45) is 5.92 Å². The highest BCUT2D eigenvalue weighted by atomic mass is 32.1. The van der Waals surface area contributed by atoms with Crippen LogP contribution in [0.5, 0.6) is 5.75 Å². The van der Waals surface area contributed by atoms with Crippen molar-refractivity contribution >= 4 is 39.9 Å². The highest BCUT2D eigenvalue weighted by Crippen LogP contribution is 2.43. The van der Waals surface area contributed by atoms with Gasteiger partial charge in [0.2, 0.25) is 0 Å². The second-order valence-electron chi connectivity index (χ2n) is 8.59. The fourth-order valence-electron chi connectivity index (χ4n) is 3.78. The lowest BCUT2D eigenvalue weighted by Gasteiger charge is -2.22. The largest absolute Gasteiger partial charge is 0.507 e. The highest BCUT2D eigenvalue weighted by Gasteiger charge is 2.48. The Kier molecular flexibility index (Phi) is 7.16. The molecule has 10 heteroatoms. The number of amides is 1. The van der Waals surface area contributed by atoms with E-state index in [1.807, 2.05) is 13.8 Å². The normalized spacial score (nSPS) is 17.0. The molecule has 186 valence electrons. The van der Waals surface area contributed by atoms with Crippen molar-refractivity contribution in [2.45, 2.75) is 26.8 Å². The third-order valence-corrected chi connectivity index (χ3v) is 6.65. The number of ketones is 1.